The first-order chi connectivity index (χ1) is 9.58. The van der Waals surface area contributed by atoms with E-state index >= 15 is 0 Å². The van der Waals surface area contributed by atoms with Gasteiger partial charge in [-0.1, -0.05) is 6.07 Å². The third-order valence-electron chi connectivity index (χ3n) is 2.59. The number of thiophene rings is 1. The molecule has 2 aromatic rings. The second-order valence-electron chi connectivity index (χ2n) is 4.00. The Bertz CT molecular complexity index is 570. The second kappa shape index (κ2) is 6.44. The van der Waals surface area contributed by atoms with Crippen LogP contribution in [0, 0.1) is 11.6 Å². The Morgan fingerprint density at radius 3 is 2.60 bits per heavy atom. The van der Waals surface area contributed by atoms with E-state index in [1.54, 1.807) is 16.8 Å². The standard InChI is InChI=1S/C13H12F2N2O2S/c14-9-2-1-3-10(15)12(9)17-13(19)16-6-11(18)8-4-5-20-7-8/h1-5,7,11,18H,6H2,(H2,16,17,19). The first-order valence-corrected chi connectivity index (χ1v) is 6.71. The summed E-state index contributed by atoms with van der Waals surface area (Å²) < 4.78 is 26.6. The highest BCUT2D eigenvalue weighted by atomic mass is 32.1. The van der Waals surface area contributed by atoms with Crippen LogP contribution in [0.3, 0.4) is 0 Å². The van der Waals surface area contributed by atoms with Gasteiger partial charge in [-0.05, 0) is 34.5 Å². The Kier molecular flexibility index (Phi) is 4.65. The molecule has 2 amide bonds. The quantitative estimate of drug-likeness (QED) is 0.813. The Morgan fingerprint density at radius 1 is 1.30 bits per heavy atom. The van der Waals surface area contributed by atoms with Gasteiger partial charge in [-0.3, -0.25) is 0 Å². The molecule has 0 spiro atoms. The van der Waals surface area contributed by atoms with Crippen molar-refractivity contribution in [3.63, 3.8) is 0 Å². The van der Waals surface area contributed by atoms with Crippen molar-refractivity contribution in [1.29, 1.82) is 0 Å². The fraction of sp³-hybridized carbons (Fsp3) is 0.154. The molecule has 7 heteroatoms. The molecule has 0 bridgehead atoms. The highest BCUT2D eigenvalue weighted by molar-refractivity contribution is 7.07. The molecule has 0 aliphatic carbocycles. The topological polar surface area (TPSA) is 61.4 Å². The van der Waals surface area contributed by atoms with Crippen LogP contribution in [0.15, 0.2) is 35.0 Å². The van der Waals surface area contributed by atoms with E-state index in [1.807, 2.05) is 0 Å². The molecule has 0 radical (unpaired) electrons. The Labute approximate surface area is 118 Å². The lowest BCUT2D eigenvalue weighted by atomic mass is 10.2. The number of aliphatic hydroxyl groups is 1. The van der Waals surface area contributed by atoms with Gasteiger partial charge in [-0.2, -0.15) is 11.3 Å². The third kappa shape index (κ3) is 3.52. The first-order valence-electron chi connectivity index (χ1n) is 5.77. The molecule has 4 nitrogen and oxygen atoms in total. The molecule has 0 saturated heterocycles. The van der Waals surface area contributed by atoms with Crippen LogP contribution in [0.2, 0.25) is 0 Å². The molecule has 1 aromatic heterocycles. The summed E-state index contributed by atoms with van der Waals surface area (Å²) in [5, 5.41) is 17.7. The molecule has 1 unspecified atom stereocenters. The predicted octanol–water partition coefficient (Wildman–Crippen LogP) is 2.88. The average Bonchev–Trinajstić information content (AvgIpc) is 2.94. The van der Waals surface area contributed by atoms with E-state index in [1.165, 1.54) is 17.4 Å². The number of hydrogen-bond acceptors (Lipinski definition) is 3. The van der Waals surface area contributed by atoms with Gasteiger partial charge < -0.3 is 15.7 Å². The minimum Gasteiger partial charge on any atom is -0.387 e. The molecule has 1 atom stereocenters. The zero-order valence-electron chi connectivity index (χ0n) is 10.3. The smallest absolute Gasteiger partial charge is 0.319 e. The molecule has 2 rings (SSSR count). The summed E-state index contributed by atoms with van der Waals surface area (Å²) in [6.07, 6.45) is -0.863. The number of urea groups is 1. The summed E-state index contributed by atoms with van der Waals surface area (Å²) in [7, 11) is 0. The monoisotopic (exact) mass is 298 g/mol. The zero-order chi connectivity index (χ0) is 14.5. The van der Waals surface area contributed by atoms with Gasteiger partial charge in [0.25, 0.3) is 0 Å². The number of benzene rings is 1. The summed E-state index contributed by atoms with van der Waals surface area (Å²) in [5.74, 6) is -1.72. The van der Waals surface area contributed by atoms with Crippen molar-refractivity contribution in [2.75, 3.05) is 11.9 Å². The number of carbonyl (C=O) groups is 1. The molecule has 0 saturated carbocycles. The molecule has 0 aliphatic heterocycles. The van der Waals surface area contributed by atoms with Crippen molar-refractivity contribution >= 4 is 23.1 Å². The van der Waals surface area contributed by atoms with Crippen LogP contribution < -0.4 is 10.6 Å². The lowest BCUT2D eigenvalue weighted by Gasteiger charge is -2.12. The summed E-state index contributed by atoms with van der Waals surface area (Å²) in [6.45, 7) is -0.0569. The van der Waals surface area contributed by atoms with Crippen LogP contribution in [-0.2, 0) is 0 Å². The first kappa shape index (κ1) is 14.4. The van der Waals surface area contributed by atoms with E-state index < -0.39 is 29.5 Å². The molecule has 20 heavy (non-hydrogen) atoms. The van der Waals surface area contributed by atoms with E-state index in [0.29, 0.717) is 5.56 Å². The molecule has 1 heterocycles. The van der Waals surface area contributed by atoms with Crippen LogP contribution >= 0.6 is 11.3 Å². The van der Waals surface area contributed by atoms with Crippen LogP contribution in [0.4, 0.5) is 19.3 Å². The van der Waals surface area contributed by atoms with Crippen molar-refractivity contribution in [2.45, 2.75) is 6.10 Å². The number of aliphatic hydroxyl groups excluding tert-OH is 1. The predicted molar refractivity (Wildman–Crippen MR) is 72.7 cm³/mol. The molecule has 106 valence electrons. The number of rotatable bonds is 4. The Morgan fingerprint density at radius 2 is 2.00 bits per heavy atom. The second-order valence-corrected chi connectivity index (χ2v) is 4.78. The minimum atomic E-state index is -0.863. The number of hydrogen-bond donors (Lipinski definition) is 3. The molecule has 0 fully saturated rings. The van der Waals surface area contributed by atoms with E-state index in [2.05, 4.69) is 10.6 Å². The lowest BCUT2D eigenvalue weighted by molar-refractivity contribution is 0.175. The Balaban J connectivity index is 1.90. The maximum absolute atomic E-state index is 13.3. The van der Waals surface area contributed by atoms with Crippen molar-refractivity contribution in [2.24, 2.45) is 0 Å². The van der Waals surface area contributed by atoms with E-state index in [0.717, 1.165) is 12.1 Å². The maximum Gasteiger partial charge on any atom is 0.319 e. The largest absolute Gasteiger partial charge is 0.387 e. The summed E-state index contributed by atoms with van der Waals surface area (Å²) >= 11 is 1.42. The van der Waals surface area contributed by atoms with Gasteiger partial charge in [0.15, 0.2) is 0 Å². The van der Waals surface area contributed by atoms with E-state index in [4.69, 9.17) is 0 Å². The molecule has 1 aromatic carbocycles. The van der Waals surface area contributed by atoms with Gasteiger partial charge >= 0.3 is 6.03 Å². The van der Waals surface area contributed by atoms with E-state index in [-0.39, 0.29) is 6.54 Å². The van der Waals surface area contributed by atoms with Crippen LogP contribution in [-0.4, -0.2) is 17.7 Å². The van der Waals surface area contributed by atoms with Gasteiger partial charge in [0.1, 0.15) is 17.3 Å². The van der Waals surface area contributed by atoms with Gasteiger partial charge in [-0.15, -0.1) is 0 Å². The maximum atomic E-state index is 13.3. The SMILES string of the molecule is O=C(NCC(O)c1ccsc1)Nc1c(F)cccc1F. The summed E-state index contributed by atoms with van der Waals surface area (Å²) in [4.78, 5) is 11.5. The van der Waals surface area contributed by atoms with Crippen molar-refractivity contribution in [3.8, 4) is 0 Å². The van der Waals surface area contributed by atoms with Crippen molar-refractivity contribution in [1.82, 2.24) is 5.32 Å². The minimum absolute atomic E-state index is 0.0569. The van der Waals surface area contributed by atoms with Gasteiger partial charge in [0.05, 0.1) is 6.10 Å². The number of carbonyl (C=O) groups excluding carboxylic acids is 1. The molecule has 0 aliphatic rings. The highest BCUT2D eigenvalue weighted by Gasteiger charge is 2.13. The average molecular weight is 298 g/mol. The number of amides is 2. The lowest BCUT2D eigenvalue weighted by Crippen LogP contribution is -2.32. The number of para-hydroxylation sites is 1. The van der Waals surface area contributed by atoms with E-state index in [9.17, 15) is 18.7 Å². The van der Waals surface area contributed by atoms with Gasteiger partial charge in [-0.25, -0.2) is 13.6 Å². The van der Waals surface area contributed by atoms with Crippen molar-refractivity contribution < 1.29 is 18.7 Å². The molecular formula is C13H12F2N2O2S. The van der Waals surface area contributed by atoms with Crippen molar-refractivity contribution in [3.05, 3.63) is 52.2 Å². The molecule has 3 N–H and O–H groups in total. The molecular weight excluding hydrogens is 286 g/mol. The third-order valence-corrected chi connectivity index (χ3v) is 3.29. The number of halogens is 2. The summed E-state index contributed by atoms with van der Waals surface area (Å²) in [5.41, 5.74) is 0.155. The van der Waals surface area contributed by atoms with Crippen LogP contribution in [0.5, 0.6) is 0 Å². The number of nitrogens with one attached hydrogen (secondary N) is 2. The van der Waals surface area contributed by atoms with Gasteiger partial charge in [0, 0.05) is 6.54 Å². The van der Waals surface area contributed by atoms with Gasteiger partial charge in [0.2, 0.25) is 0 Å². The zero-order valence-corrected chi connectivity index (χ0v) is 11.1. The van der Waals surface area contributed by atoms with Crippen LogP contribution in [0.25, 0.3) is 0 Å². The number of anilines is 1. The fourth-order valence-electron chi connectivity index (χ4n) is 1.55. The Hall–Kier alpha value is -1.99. The highest BCUT2D eigenvalue weighted by Crippen LogP contribution is 2.18. The summed E-state index contributed by atoms with van der Waals surface area (Å²) in [6, 6.07) is 4.22. The fourth-order valence-corrected chi connectivity index (χ4v) is 2.25. The normalized spacial score (nSPS) is 11.9. The van der Waals surface area contributed by atoms with Crippen LogP contribution in [0.1, 0.15) is 11.7 Å².